The number of carbonyl (C=O) groups excluding carboxylic acids is 3. The highest BCUT2D eigenvalue weighted by atomic mass is 19.3. The summed E-state index contributed by atoms with van der Waals surface area (Å²) in [7, 11) is 0. The van der Waals surface area contributed by atoms with Crippen molar-refractivity contribution in [2.45, 2.75) is 25.5 Å². The smallest absolute Gasteiger partial charge is 0.387 e. The average molecular weight is 388 g/mol. The summed E-state index contributed by atoms with van der Waals surface area (Å²) in [6, 6.07) is 13.2. The van der Waals surface area contributed by atoms with Gasteiger partial charge in [0.25, 0.3) is 5.91 Å². The molecule has 6 nitrogen and oxygen atoms in total. The molecule has 1 N–H and O–H groups in total. The van der Waals surface area contributed by atoms with Crippen LogP contribution in [0.1, 0.15) is 29.3 Å². The normalized spacial score (nSPS) is 19.1. The molecule has 28 heavy (non-hydrogen) atoms. The molecule has 1 atom stereocenters. The highest BCUT2D eigenvalue weighted by Gasteiger charge is 2.51. The topological polar surface area (TPSA) is 75.7 Å². The molecule has 146 valence electrons. The first kappa shape index (κ1) is 19.5. The van der Waals surface area contributed by atoms with Crippen LogP contribution in [0.25, 0.3) is 0 Å². The first-order valence-corrected chi connectivity index (χ1v) is 8.65. The monoisotopic (exact) mass is 388 g/mol. The van der Waals surface area contributed by atoms with Crippen molar-refractivity contribution >= 4 is 17.7 Å². The van der Waals surface area contributed by atoms with Crippen LogP contribution in [-0.2, 0) is 10.3 Å². The van der Waals surface area contributed by atoms with Gasteiger partial charge in [0.15, 0.2) is 5.78 Å². The van der Waals surface area contributed by atoms with Crippen molar-refractivity contribution in [3.63, 3.8) is 0 Å². The SMILES string of the molecule is CCC1(c2ccccc2)NC(=O)N(CC(=O)c2ccc(OC(F)F)cc2)C1=O. The number of imide groups is 1. The minimum Gasteiger partial charge on any atom is -0.435 e. The summed E-state index contributed by atoms with van der Waals surface area (Å²) in [5.41, 5.74) is -0.400. The number of alkyl halides is 2. The number of ether oxygens (including phenoxy) is 1. The number of rotatable bonds is 7. The number of Topliss-reactive ketones (excluding diaryl/α,β-unsaturated/α-hetero) is 1. The van der Waals surface area contributed by atoms with E-state index in [0.717, 1.165) is 4.90 Å². The summed E-state index contributed by atoms with van der Waals surface area (Å²) in [5.74, 6) is -1.08. The summed E-state index contributed by atoms with van der Waals surface area (Å²) in [6.45, 7) is -1.64. The van der Waals surface area contributed by atoms with E-state index in [1.807, 2.05) is 0 Å². The van der Waals surface area contributed by atoms with Crippen LogP contribution in [0, 0.1) is 0 Å². The minimum atomic E-state index is -2.97. The largest absolute Gasteiger partial charge is 0.435 e. The van der Waals surface area contributed by atoms with E-state index in [9.17, 15) is 23.2 Å². The molecule has 2 aromatic carbocycles. The molecule has 0 aromatic heterocycles. The van der Waals surface area contributed by atoms with Crippen molar-refractivity contribution in [1.29, 1.82) is 0 Å². The average Bonchev–Trinajstić information content (AvgIpc) is 2.94. The van der Waals surface area contributed by atoms with Crippen molar-refractivity contribution in [2.75, 3.05) is 6.54 Å². The first-order chi connectivity index (χ1) is 13.4. The van der Waals surface area contributed by atoms with Gasteiger partial charge in [0, 0.05) is 5.56 Å². The molecule has 0 radical (unpaired) electrons. The lowest BCUT2D eigenvalue weighted by Crippen LogP contribution is -2.43. The predicted octanol–water partition coefficient (Wildman–Crippen LogP) is 3.33. The number of hydrogen-bond acceptors (Lipinski definition) is 4. The molecule has 1 saturated heterocycles. The molecule has 1 aliphatic heterocycles. The maximum Gasteiger partial charge on any atom is 0.387 e. The Morgan fingerprint density at radius 1 is 1.11 bits per heavy atom. The van der Waals surface area contributed by atoms with Crippen molar-refractivity contribution in [3.8, 4) is 5.75 Å². The minimum absolute atomic E-state index is 0.0874. The first-order valence-electron chi connectivity index (χ1n) is 8.65. The molecule has 0 saturated carbocycles. The van der Waals surface area contributed by atoms with Crippen LogP contribution < -0.4 is 10.1 Å². The van der Waals surface area contributed by atoms with Crippen molar-refractivity contribution < 1.29 is 27.9 Å². The van der Waals surface area contributed by atoms with Gasteiger partial charge in [0.05, 0.1) is 6.54 Å². The zero-order chi connectivity index (χ0) is 20.3. The Bertz CT molecular complexity index is 887. The van der Waals surface area contributed by atoms with Gasteiger partial charge in [-0.2, -0.15) is 8.78 Å². The van der Waals surface area contributed by atoms with Gasteiger partial charge in [-0.05, 0) is 36.2 Å². The van der Waals surface area contributed by atoms with Crippen LogP contribution in [-0.4, -0.2) is 35.8 Å². The van der Waals surface area contributed by atoms with Crippen LogP contribution in [0.15, 0.2) is 54.6 Å². The third-order valence-corrected chi connectivity index (χ3v) is 4.68. The Morgan fingerprint density at radius 2 is 1.75 bits per heavy atom. The van der Waals surface area contributed by atoms with Gasteiger partial charge in [0.2, 0.25) is 0 Å². The summed E-state index contributed by atoms with van der Waals surface area (Å²) in [4.78, 5) is 38.8. The molecule has 3 amide bonds. The molecule has 1 aliphatic rings. The lowest BCUT2D eigenvalue weighted by atomic mass is 9.87. The number of carbonyl (C=O) groups is 3. The molecular formula is C20H18F2N2O4. The summed E-state index contributed by atoms with van der Waals surface area (Å²) in [5, 5.41) is 2.70. The number of nitrogens with zero attached hydrogens (tertiary/aromatic N) is 1. The van der Waals surface area contributed by atoms with E-state index >= 15 is 0 Å². The van der Waals surface area contributed by atoms with Gasteiger partial charge in [-0.3, -0.25) is 14.5 Å². The van der Waals surface area contributed by atoms with Crippen molar-refractivity contribution in [2.24, 2.45) is 0 Å². The summed E-state index contributed by atoms with van der Waals surface area (Å²) in [6.07, 6.45) is 0.325. The Balaban J connectivity index is 1.78. The second kappa shape index (κ2) is 7.75. The fourth-order valence-corrected chi connectivity index (χ4v) is 3.19. The van der Waals surface area contributed by atoms with E-state index in [-0.39, 0.29) is 11.3 Å². The van der Waals surface area contributed by atoms with Gasteiger partial charge in [-0.25, -0.2) is 4.79 Å². The number of amides is 3. The lowest BCUT2D eigenvalue weighted by molar-refractivity contribution is -0.131. The quantitative estimate of drug-likeness (QED) is 0.583. The van der Waals surface area contributed by atoms with Crippen LogP contribution in [0.4, 0.5) is 13.6 Å². The molecule has 3 rings (SSSR count). The molecular weight excluding hydrogens is 370 g/mol. The molecule has 1 heterocycles. The Hall–Kier alpha value is -3.29. The van der Waals surface area contributed by atoms with E-state index < -0.39 is 36.4 Å². The van der Waals surface area contributed by atoms with E-state index in [2.05, 4.69) is 10.1 Å². The Kier molecular flexibility index (Phi) is 5.39. The second-order valence-corrected chi connectivity index (χ2v) is 6.27. The van der Waals surface area contributed by atoms with Crippen LogP contribution in [0.3, 0.4) is 0 Å². The standard InChI is InChI=1S/C20H18F2N2O4/c1-2-20(14-6-4-3-5-7-14)17(26)24(19(27)23-20)12-16(25)13-8-10-15(11-9-13)28-18(21)22/h3-11,18H,2,12H2,1H3,(H,23,27). The fourth-order valence-electron chi connectivity index (χ4n) is 3.19. The highest BCUT2D eigenvalue weighted by Crippen LogP contribution is 2.32. The van der Waals surface area contributed by atoms with Gasteiger partial charge in [0.1, 0.15) is 11.3 Å². The fraction of sp³-hybridized carbons (Fsp3) is 0.250. The van der Waals surface area contributed by atoms with Gasteiger partial charge in [-0.1, -0.05) is 37.3 Å². The van der Waals surface area contributed by atoms with Crippen LogP contribution in [0.2, 0.25) is 0 Å². The molecule has 8 heteroatoms. The number of hydrogen-bond donors (Lipinski definition) is 1. The van der Waals surface area contributed by atoms with E-state index in [4.69, 9.17) is 0 Å². The lowest BCUT2D eigenvalue weighted by Gasteiger charge is -2.25. The zero-order valence-corrected chi connectivity index (χ0v) is 15.0. The van der Waals surface area contributed by atoms with E-state index in [1.54, 1.807) is 37.3 Å². The number of ketones is 1. The molecule has 2 aromatic rings. The van der Waals surface area contributed by atoms with Gasteiger partial charge < -0.3 is 10.1 Å². The number of benzene rings is 2. The molecule has 0 aliphatic carbocycles. The van der Waals surface area contributed by atoms with Crippen LogP contribution in [0.5, 0.6) is 5.75 Å². The highest BCUT2D eigenvalue weighted by molar-refractivity contribution is 6.11. The number of halogens is 2. The molecule has 1 unspecified atom stereocenters. The third-order valence-electron chi connectivity index (χ3n) is 4.68. The molecule has 0 spiro atoms. The number of urea groups is 1. The maximum absolute atomic E-state index is 13.0. The zero-order valence-electron chi connectivity index (χ0n) is 15.0. The van der Waals surface area contributed by atoms with E-state index in [0.29, 0.717) is 12.0 Å². The second-order valence-electron chi connectivity index (χ2n) is 6.27. The summed E-state index contributed by atoms with van der Waals surface area (Å²) >= 11 is 0. The Morgan fingerprint density at radius 3 is 2.32 bits per heavy atom. The van der Waals surface area contributed by atoms with E-state index in [1.165, 1.54) is 24.3 Å². The van der Waals surface area contributed by atoms with Gasteiger partial charge in [-0.15, -0.1) is 0 Å². The molecule has 0 bridgehead atoms. The predicted molar refractivity (Wildman–Crippen MR) is 96.1 cm³/mol. The van der Waals surface area contributed by atoms with Crippen molar-refractivity contribution in [3.05, 3.63) is 65.7 Å². The number of nitrogens with one attached hydrogen (secondary N) is 1. The Labute approximate surface area is 160 Å². The van der Waals surface area contributed by atoms with Crippen LogP contribution >= 0.6 is 0 Å². The maximum atomic E-state index is 13.0. The third kappa shape index (κ3) is 3.58. The summed E-state index contributed by atoms with van der Waals surface area (Å²) < 4.78 is 28.6. The van der Waals surface area contributed by atoms with Crippen molar-refractivity contribution in [1.82, 2.24) is 10.2 Å². The van der Waals surface area contributed by atoms with Gasteiger partial charge >= 0.3 is 12.6 Å². The molecule has 1 fully saturated rings.